The summed E-state index contributed by atoms with van der Waals surface area (Å²) in [6.45, 7) is 5.04. The predicted octanol–water partition coefficient (Wildman–Crippen LogP) is 3.64. The van der Waals surface area contributed by atoms with Crippen molar-refractivity contribution in [2.45, 2.75) is 33.0 Å². The minimum absolute atomic E-state index is 0.0634. The van der Waals surface area contributed by atoms with Gasteiger partial charge >= 0.3 is 0 Å². The Balaban J connectivity index is 2.94. The Hall–Kier alpha value is -1.12. The maximum absolute atomic E-state index is 13.2. The zero-order valence-corrected chi connectivity index (χ0v) is 8.55. The Labute approximate surface area is 82.7 Å². The van der Waals surface area contributed by atoms with Gasteiger partial charge in [-0.2, -0.15) is 0 Å². The molecule has 0 N–H and O–H groups in total. The molecule has 1 rings (SSSR count). The smallest absolute Gasteiger partial charge is 0.235 e. The first-order chi connectivity index (χ1) is 6.50. The molecule has 3 heteroatoms. The molecule has 0 saturated heterocycles. The quantitative estimate of drug-likeness (QED) is 0.723. The molecule has 0 aliphatic heterocycles. The van der Waals surface area contributed by atoms with Crippen LogP contribution >= 0.6 is 0 Å². The first-order valence-electron chi connectivity index (χ1n) is 4.61. The van der Waals surface area contributed by atoms with Gasteiger partial charge in [0.05, 0.1) is 0 Å². The summed E-state index contributed by atoms with van der Waals surface area (Å²) in [4.78, 5) is 0. The van der Waals surface area contributed by atoms with E-state index in [4.69, 9.17) is 4.74 Å². The second-order valence-corrected chi connectivity index (χ2v) is 3.50. The molecule has 0 spiro atoms. The van der Waals surface area contributed by atoms with Crippen LogP contribution in [0.25, 0.3) is 0 Å². The number of hydrogen-bond donors (Lipinski definition) is 0. The van der Waals surface area contributed by atoms with Crippen LogP contribution in [0.4, 0.5) is 8.78 Å². The highest BCUT2D eigenvalue weighted by Gasteiger charge is 2.09. The van der Waals surface area contributed by atoms with Crippen molar-refractivity contribution in [1.29, 1.82) is 0 Å². The third kappa shape index (κ3) is 2.69. The lowest BCUT2D eigenvalue weighted by Crippen LogP contribution is -2.04. The van der Waals surface area contributed by atoms with Gasteiger partial charge in [0.1, 0.15) is 11.6 Å². The van der Waals surface area contributed by atoms with Crippen LogP contribution in [-0.4, -0.2) is 6.36 Å². The van der Waals surface area contributed by atoms with Crippen LogP contribution in [0.3, 0.4) is 0 Å². The Morgan fingerprint density at radius 3 is 2.36 bits per heavy atom. The van der Waals surface area contributed by atoms with E-state index in [0.29, 0.717) is 11.3 Å². The zero-order valence-electron chi connectivity index (χ0n) is 8.55. The van der Waals surface area contributed by atoms with Gasteiger partial charge in [0.25, 0.3) is 0 Å². The molecule has 14 heavy (non-hydrogen) atoms. The van der Waals surface area contributed by atoms with Crippen molar-refractivity contribution in [3.05, 3.63) is 29.6 Å². The standard InChI is InChI=1S/C11H14F2O/c1-7(2)10-6-9(14-8(3)12)4-5-11(10)13/h4-8H,1-3H3. The molecule has 0 aromatic heterocycles. The molecule has 1 aromatic rings. The van der Waals surface area contributed by atoms with E-state index in [2.05, 4.69) is 0 Å². The number of ether oxygens (including phenoxy) is 1. The van der Waals surface area contributed by atoms with E-state index >= 15 is 0 Å². The molecule has 1 atom stereocenters. The summed E-state index contributed by atoms with van der Waals surface area (Å²) in [6.07, 6.45) is -1.37. The van der Waals surface area contributed by atoms with Crippen molar-refractivity contribution < 1.29 is 13.5 Å². The van der Waals surface area contributed by atoms with Crippen molar-refractivity contribution in [1.82, 2.24) is 0 Å². The summed E-state index contributed by atoms with van der Waals surface area (Å²) >= 11 is 0. The normalized spacial score (nSPS) is 13.0. The molecule has 0 saturated carbocycles. The molecular formula is C11H14F2O. The highest BCUT2D eigenvalue weighted by Crippen LogP contribution is 2.24. The molecule has 78 valence electrons. The summed E-state index contributed by atoms with van der Waals surface area (Å²) in [5, 5.41) is 0. The van der Waals surface area contributed by atoms with Crippen LogP contribution < -0.4 is 4.74 Å². The van der Waals surface area contributed by atoms with Crippen LogP contribution in [0.1, 0.15) is 32.3 Å². The average molecular weight is 200 g/mol. The third-order valence-corrected chi connectivity index (χ3v) is 1.89. The molecule has 0 radical (unpaired) electrons. The molecule has 0 aliphatic rings. The second kappa shape index (κ2) is 4.40. The van der Waals surface area contributed by atoms with E-state index in [1.54, 1.807) is 0 Å². The fourth-order valence-electron chi connectivity index (χ4n) is 1.23. The van der Waals surface area contributed by atoms with Crippen LogP contribution in [0.5, 0.6) is 5.75 Å². The van der Waals surface area contributed by atoms with Gasteiger partial charge in [-0.15, -0.1) is 0 Å². The maximum Gasteiger partial charge on any atom is 0.235 e. The van der Waals surface area contributed by atoms with Gasteiger partial charge in [-0.1, -0.05) is 13.8 Å². The van der Waals surface area contributed by atoms with Gasteiger partial charge in [0.15, 0.2) is 0 Å². The summed E-state index contributed by atoms with van der Waals surface area (Å²) in [7, 11) is 0. The average Bonchev–Trinajstić information content (AvgIpc) is 2.07. The minimum Gasteiger partial charge on any atom is -0.461 e. The Kier molecular flexibility index (Phi) is 3.44. The predicted molar refractivity (Wildman–Crippen MR) is 51.7 cm³/mol. The first-order valence-corrected chi connectivity index (χ1v) is 4.61. The first kappa shape index (κ1) is 11.0. The monoisotopic (exact) mass is 200 g/mol. The van der Waals surface area contributed by atoms with Gasteiger partial charge < -0.3 is 4.74 Å². The lowest BCUT2D eigenvalue weighted by atomic mass is 10.0. The van der Waals surface area contributed by atoms with E-state index in [1.165, 1.54) is 25.1 Å². The topological polar surface area (TPSA) is 9.23 Å². The van der Waals surface area contributed by atoms with Gasteiger partial charge in [-0.05, 0) is 29.7 Å². The summed E-state index contributed by atoms with van der Waals surface area (Å²) < 4.78 is 30.5. The highest BCUT2D eigenvalue weighted by molar-refractivity contribution is 5.31. The van der Waals surface area contributed by atoms with Crippen molar-refractivity contribution in [2.75, 3.05) is 0 Å². The van der Waals surface area contributed by atoms with Gasteiger partial charge in [-0.25, -0.2) is 8.78 Å². The van der Waals surface area contributed by atoms with E-state index in [0.717, 1.165) is 0 Å². The van der Waals surface area contributed by atoms with Gasteiger partial charge in [-0.3, -0.25) is 0 Å². The zero-order chi connectivity index (χ0) is 10.7. The van der Waals surface area contributed by atoms with Crippen molar-refractivity contribution >= 4 is 0 Å². The lowest BCUT2D eigenvalue weighted by Gasteiger charge is -2.11. The van der Waals surface area contributed by atoms with Gasteiger partial charge in [0, 0.05) is 6.92 Å². The number of hydrogen-bond acceptors (Lipinski definition) is 1. The van der Waals surface area contributed by atoms with E-state index in [9.17, 15) is 8.78 Å². The van der Waals surface area contributed by atoms with Crippen LogP contribution in [0.15, 0.2) is 18.2 Å². The third-order valence-electron chi connectivity index (χ3n) is 1.89. The highest BCUT2D eigenvalue weighted by atomic mass is 19.1. The Morgan fingerprint density at radius 1 is 1.21 bits per heavy atom. The summed E-state index contributed by atoms with van der Waals surface area (Å²) in [5.41, 5.74) is 0.545. The van der Waals surface area contributed by atoms with E-state index in [-0.39, 0.29) is 11.7 Å². The molecule has 0 amide bonds. The van der Waals surface area contributed by atoms with E-state index < -0.39 is 6.36 Å². The minimum atomic E-state index is -1.37. The van der Waals surface area contributed by atoms with Crippen LogP contribution in [0, 0.1) is 5.82 Å². The molecule has 1 unspecified atom stereocenters. The van der Waals surface area contributed by atoms with Crippen LogP contribution in [-0.2, 0) is 0 Å². The van der Waals surface area contributed by atoms with E-state index in [1.807, 2.05) is 13.8 Å². The number of rotatable bonds is 3. The van der Waals surface area contributed by atoms with Gasteiger partial charge in [0.2, 0.25) is 6.36 Å². The van der Waals surface area contributed by atoms with Crippen molar-refractivity contribution in [3.8, 4) is 5.75 Å². The fourth-order valence-corrected chi connectivity index (χ4v) is 1.23. The Bertz CT molecular complexity index is 308. The number of halogens is 2. The lowest BCUT2D eigenvalue weighted by molar-refractivity contribution is 0.0858. The second-order valence-electron chi connectivity index (χ2n) is 3.50. The fraction of sp³-hybridized carbons (Fsp3) is 0.455. The number of alkyl halides is 1. The molecule has 1 aromatic carbocycles. The molecular weight excluding hydrogens is 186 g/mol. The summed E-state index contributed by atoms with van der Waals surface area (Å²) in [6, 6.07) is 4.26. The summed E-state index contributed by atoms with van der Waals surface area (Å²) in [5.74, 6) is 0.150. The molecule has 0 fully saturated rings. The molecule has 1 nitrogen and oxygen atoms in total. The van der Waals surface area contributed by atoms with Crippen LogP contribution in [0.2, 0.25) is 0 Å². The largest absolute Gasteiger partial charge is 0.461 e. The van der Waals surface area contributed by atoms with Crippen molar-refractivity contribution in [3.63, 3.8) is 0 Å². The SMILES string of the molecule is CC(F)Oc1ccc(F)c(C(C)C)c1. The number of benzene rings is 1. The van der Waals surface area contributed by atoms with Crippen molar-refractivity contribution in [2.24, 2.45) is 0 Å². The Morgan fingerprint density at radius 2 is 1.86 bits per heavy atom. The molecule has 0 bridgehead atoms. The molecule has 0 heterocycles. The molecule has 0 aliphatic carbocycles. The maximum atomic E-state index is 13.2.